The van der Waals surface area contributed by atoms with Crippen molar-refractivity contribution >= 4 is 0 Å². The summed E-state index contributed by atoms with van der Waals surface area (Å²) in [6, 6.07) is 0. The van der Waals surface area contributed by atoms with Crippen molar-refractivity contribution in [2.45, 2.75) is 77.3 Å². The third kappa shape index (κ3) is 2.55. The lowest BCUT2D eigenvalue weighted by atomic mass is 9.59. The standard InChI is InChI=1S/C15H25F3/c1-14(15(16,17)18,12-8-4-2-5-9-12)13-10-6-3-7-11-13/h12-13H,2-11H2,1H3. The molecule has 0 atom stereocenters. The molecule has 2 aliphatic carbocycles. The van der Waals surface area contributed by atoms with Gasteiger partial charge in [0.1, 0.15) is 0 Å². The Morgan fingerprint density at radius 3 is 1.28 bits per heavy atom. The molecule has 2 saturated carbocycles. The van der Waals surface area contributed by atoms with E-state index in [0.29, 0.717) is 0 Å². The Labute approximate surface area is 108 Å². The van der Waals surface area contributed by atoms with Crippen LogP contribution in [0.5, 0.6) is 0 Å². The van der Waals surface area contributed by atoms with Crippen LogP contribution in [-0.2, 0) is 0 Å². The molecule has 18 heavy (non-hydrogen) atoms. The van der Waals surface area contributed by atoms with E-state index in [2.05, 4.69) is 0 Å². The van der Waals surface area contributed by atoms with Gasteiger partial charge in [-0.2, -0.15) is 13.2 Å². The Kier molecular flexibility index (Phi) is 4.28. The van der Waals surface area contributed by atoms with E-state index in [1.807, 2.05) is 0 Å². The van der Waals surface area contributed by atoms with Crippen molar-refractivity contribution in [2.75, 3.05) is 0 Å². The van der Waals surface area contributed by atoms with Gasteiger partial charge < -0.3 is 0 Å². The molecular weight excluding hydrogens is 237 g/mol. The molecule has 2 rings (SSSR count). The van der Waals surface area contributed by atoms with Crippen LogP contribution < -0.4 is 0 Å². The largest absolute Gasteiger partial charge is 0.394 e. The number of hydrogen-bond acceptors (Lipinski definition) is 0. The third-order valence-electron chi connectivity index (χ3n) is 5.52. The first-order valence-electron chi connectivity index (χ1n) is 7.53. The maximum Gasteiger partial charge on any atom is 0.394 e. The summed E-state index contributed by atoms with van der Waals surface area (Å²) < 4.78 is 41.0. The van der Waals surface area contributed by atoms with Gasteiger partial charge in [-0.25, -0.2) is 0 Å². The fraction of sp³-hybridized carbons (Fsp3) is 1.00. The van der Waals surface area contributed by atoms with Crippen LogP contribution in [0.25, 0.3) is 0 Å². The van der Waals surface area contributed by atoms with Gasteiger partial charge in [-0.05, 0) is 37.5 Å². The fourth-order valence-corrected chi connectivity index (χ4v) is 4.20. The van der Waals surface area contributed by atoms with Gasteiger partial charge in [-0.3, -0.25) is 0 Å². The zero-order chi connectivity index (χ0) is 13.2. The molecule has 0 unspecified atom stereocenters. The lowest BCUT2D eigenvalue weighted by Gasteiger charge is -2.47. The summed E-state index contributed by atoms with van der Waals surface area (Å²) in [6.07, 6.45) is 5.30. The highest BCUT2D eigenvalue weighted by Crippen LogP contribution is 2.56. The smallest absolute Gasteiger partial charge is 0.170 e. The molecule has 2 aliphatic rings. The first-order valence-corrected chi connectivity index (χ1v) is 7.53. The SMILES string of the molecule is CC(C1CCCCC1)(C1CCCCC1)C(F)(F)F. The van der Waals surface area contributed by atoms with E-state index in [1.54, 1.807) is 0 Å². The van der Waals surface area contributed by atoms with Gasteiger partial charge >= 0.3 is 6.18 Å². The van der Waals surface area contributed by atoms with Gasteiger partial charge in [-0.1, -0.05) is 45.4 Å². The van der Waals surface area contributed by atoms with Crippen molar-refractivity contribution < 1.29 is 13.2 Å². The van der Waals surface area contributed by atoms with Crippen molar-refractivity contribution in [1.82, 2.24) is 0 Å². The van der Waals surface area contributed by atoms with Crippen LogP contribution in [0, 0.1) is 17.3 Å². The van der Waals surface area contributed by atoms with Gasteiger partial charge in [0.15, 0.2) is 0 Å². The van der Waals surface area contributed by atoms with Gasteiger partial charge in [0.05, 0.1) is 5.41 Å². The molecule has 0 aliphatic heterocycles. The van der Waals surface area contributed by atoms with E-state index in [9.17, 15) is 13.2 Å². The molecule has 2 fully saturated rings. The summed E-state index contributed by atoms with van der Waals surface area (Å²) in [5, 5.41) is 0. The van der Waals surface area contributed by atoms with Gasteiger partial charge in [0.25, 0.3) is 0 Å². The second kappa shape index (κ2) is 5.42. The maximum absolute atomic E-state index is 13.7. The third-order valence-corrected chi connectivity index (χ3v) is 5.52. The molecule has 0 aromatic rings. The molecule has 0 heterocycles. The highest BCUT2D eigenvalue weighted by Gasteiger charge is 2.59. The van der Waals surface area contributed by atoms with E-state index < -0.39 is 11.6 Å². The summed E-state index contributed by atoms with van der Waals surface area (Å²) >= 11 is 0. The van der Waals surface area contributed by atoms with Crippen molar-refractivity contribution in [1.29, 1.82) is 0 Å². The van der Waals surface area contributed by atoms with Crippen LogP contribution >= 0.6 is 0 Å². The second-order valence-corrected chi connectivity index (χ2v) is 6.45. The zero-order valence-electron chi connectivity index (χ0n) is 11.4. The molecule has 0 spiro atoms. The minimum Gasteiger partial charge on any atom is -0.170 e. The predicted molar refractivity (Wildman–Crippen MR) is 67.3 cm³/mol. The Morgan fingerprint density at radius 2 is 1.00 bits per heavy atom. The minimum absolute atomic E-state index is 0.130. The predicted octanol–water partition coefficient (Wildman–Crippen LogP) is 5.72. The zero-order valence-corrected chi connectivity index (χ0v) is 11.4. The van der Waals surface area contributed by atoms with E-state index in [4.69, 9.17) is 0 Å². The van der Waals surface area contributed by atoms with Crippen LogP contribution in [0.15, 0.2) is 0 Å². The van der Waals surface area contributed by atoms with E-state index in [-0.39, 0.29) is 11.8 Å². The quantitative estimate of drug-likeness (QED) is 0.597. The van der Waals surface area contributed by atoms with Crippen LogP contribution in [0.1, 0.15) is 71.1 Å². The van der Waals surface area contributed by atoms with E-state index in [1.165, 1.54) is 6.92 Å². The molecule has 0 aromatic heterocycles. The Hall–Kier alpha value is -0.210. The summed E-state index contributed by atoms with van der Waals surface area (Å²) in [4.78, 5) is 0. The Bertz CT molecular complexity index is 239. The molecule has 0 bridgehead atoms. The Balaban J connectivity index is 2.21. The Morgan fingerprint density at radius 1 is 0.667 bits per heavy atom. The number of halogens is 3. The normalized spacial score (nSPS) is 25.3. The van der Waals surface area contributed by atoms with Gasteiger partial charge in [-0.15, -0.1) is 0 Å². The maximum atomic E-state index is 13.7. The molecule has 0 saturated heterocycles. The highest BCUT2D eigenvalue weighted by molar-refractivity contribution is 4.96. The van der Waals surface area contributed by atoms with Crippen molar-refractivity contribution in [3.63, 3.8) is 0 Å². The average Bonchev–Trinajstić information content (AvgIpc) is 2.38. The van der Waals surface area contributed by atoms with Crippen LogP contribution in [-0.4, -0.2) is 6.18 Å². The molecule has 0 nitrogen and oxygen atoms in total. The van der Waals surface area contributed by atoms with Gasteiger partial charge in [0, 0.05) is 0 Å². The van der Waals surface area contributed by atoms with Crippen molar-refractivity contribution in [3.05, 3.63) is 0 Å². The van der Waals surface area contributed by atoms with Crippen molar-refractivity contribution in [2.24, 2.45) is 17.3 Å². The van der Waals surface area contributed by atoms with Crippen LogP contribution in [0.2, 0.25) is 0 Å². The fourth-order valence-electron chi connectivity index (χ4n) is 4.20. The molecule has 106 valence electrons. The summed E-state index contributed by atoms with van der Waals surface area (Å²) in [6.45, 7) is 1.53. The van der Waals surface area contributed by atoms with E-state index in [0.717, 1.165) is 64.2 Å². The number of rotatable bonds is 2. The average molecular weight is 262 g/mol. The molecular formula is C15H25F3. The molecule has 3 heteroatoms. The molecule has 0 aromatic carbocycles. The molecule has 0 N–H and O–H groups in total. The lowest BCUT2D eigenvalue weighted by molar-refractivity contribution is -0.262. The van der Waals surface area contributed by atoms with Crippen LogP contribution in [0.3, 0.4) is 0 Å². The molecule has 0 radical (unpaired) electrons. The van der Waals surface area contributed by atoms with E-state index >= 15 is 0 Å². The highest BCUT2D eigenvalue weighted by atomic mass is 19.4. The number of alkyl halides is 3. The second-order valence-electron chi connectivity index (χ2n) is 6.45. The summed E-state index contributed by atoms with van der Waals surface area (Å²) in [5.74, 6) is -0.260. The molecule has 0 amide bonds. The minimum atomic E-state index is -4.03. The van der Waals surface area contributed by atoms with Crippen molar-refractivity contribution in [3.8, 4) is 0 Å². The summed E-state index contributed by atoms with van der Waals surface area (Å²) in [7, 11) is 0. The first kappa shape index (κ1) is 14.2. The lowest BCUT2D eigenvalue weighted by Crippen LogP contribution is -2.48. The number of hydrogen-bond donors (Lipinski definition) is 0. The van der Waals surface area contributed by atoms with Gasteiger partial charge in [0.2, 0.25) is 0 Å². The monoisotopic (exact) mass is 262 g/mol. The summed E-state index contributed by atoms with van der Waals surface area (Å²) in [5.41, 5.74) is -1.42. The topological polar surface area (TPSA) is 0 Å². The first-order chi connectivity index (χ1) is 8.46. The van der Waals surface area contributed by atoms with Crippen LogP contribution in [0.4, 0.5) is 13.2 Å².